The molecule has 8 aromatic rings. The summed E-state index contributed by atoms with van der Waals surface area (Å²) in [6.45, 7) is 6.64. The summed E-state index contributed by atoms with van der Waals surface area (Å²) in [7, 11) is 0. The van der Waals surface area contributed by atoms with Gasteiger partial charge in [0, 0.05) is 5.92 Å². The van der Waals surface area contributed by atoms with E-state index in [0.29, 0.717) is 0 Å². The van der Waals surface area contributed by atoms with Crippen LogP contribution in [0.25, 0.3) is 60.3 Å². The molecule has 48 heavy (non-hydrogen) atoms. The predicted octanol–water partition coefficient (Wildman–Crippen LogP) is 12.7. The van der Waals surface area contributed by atoms with Crippen LogP contribution >= 0.6 is 0 Å². The summed E-state index contributed by atoms with van der Waals surface area (Å²) in [5.41, 5.74) is 9.99. The van der Waals surface area contributed by atoms with Gasteiger partial charge in [0.2, 0.25) is 0 Å². The van der Waals surface area contributed by atoms with Crippen molar-refractivity contribution in [2.24, 2.45) is 4.99 Å². The fraction of sp³-hybridized carbons (Fsp3) is 0.0426. The topological polar surface area (TPSA) is 12.4 Å². The fourth-order valence-electron chi connectivity index (χ4n) is 7.08. The molecular weight excluding hydrogens is 579 g/mol. The monoisotopic (exact) mass is 613 g/mol. The molecule has 0 aromatic heterocycles. The van der Waals surface area contributed by atoms with Gasteiger partial charge < -0.3 is 0 Å². The largest absolute Gasteiger partial charge is 0.252 e. The van der Waals surface area contributed by atoms with Crippen molar-refractivity contribution in [1.82, 2.24) is 0 Å². The molecule has 0 heterocycles. The Labute approximate surface area is 282 Å². The van der Waals surface area contributed by atoms with Crippen LogP contribution in [0, 0.1) is 0 Å². The summed E-state index contributed by atoms with van der Waals surface area (Å²) in [5.74, 6) is 0.0608. The van der Waals surface area contributed by atoms with Crippen LogP contribution in [-0.2, 0) is 0 Å². The summed E-state index contributed by atoms with van der Waals surface area (Å²) >= 11 is 0. The second-order valence-electron chi connectivity index (χ2n) is 12.4. The molecule has 228 valence electrons. The van der Waals surface area contributed by atoms with E-state index >= 15 is 0 Å². The molecule has 0 radical (unpaired) electrons. The average molecular weight is 614 g/mol. The molecule has 8 aromatic carbocycles. The maximum atomic E-state index is 5.25. The Hall–Kier alpha value is -6.05. The zero-order chi connectivity index (χ0) is 32.5. The highest BCUT2D eigenvalue weighted by atomic mass is 14.8. The SMILES string of the molecule is C=C(N=C(c1cccc(-c2c3ccccc3c(-c3ccc4ccccc4c3)c3ccccc23)c1)C(C)c1ccccc1)c1ccccc1. The molecule has 0 amide bonds. The van der Waals surface area contributed by atoms with Crippen LogP contribution in [0.15, 0.2) is 187 Å². The van der Waals surface area contributed by atoms with Crippen molar-refractivity contribution in [2.75, 3.05) is 0 Å². The zero-order valence-corrected chi connectivity index (χ0v) is 27.0. The van der Waals surface area contributed by atoms with Gasteiger partial charge in [0.25, 0.3) is 0 Å². The highest BCUT2D eigenvalue weighted by Gasteiger charge is 2.20. The standard InChI is InChI=1S/C47H35N/c1-32(34-16-5-3-6-17-34)47(48-33(2)35-18-7-4-8-19-35)40-23-15-22-38(31-40)45-41-24-11-13-26-43(41)46(44-27-14-12-25-42(44)45)39-29-28-36-20-9-10-21-37(36)30-39/h3-32H,2H2,1H3. The smallest absolute Gasteiger partial charge is 0.0634 e. The molecular formula is C47H35N. The van der Waals surface area contributed by atoms with E-state index in [9.17, 15) is 0 Å². The minimum atomic E-state index is 0.0608. The lowest BCUT2D eigenvalue weighted by molar-refractivity contribution is 1.02. The lowest BCUT2D eigenvalue weighted by atomic mass is 9.84. The Morgan fingerprint density at radius 1 is 0.458 bits per heavy atom. The first-order chi connectivity index (χ1) is 23.7. The van der Waals surface area contributed by atoms with Crippen molar-refractivity contribution in [3.8, 4) is 22.3 Å². The third kappa shape index (κ3) is 5.40. The van der Waals surface area contributed by atoms with Crippen LogP contribution in [0.4, 0.5) is 0 Å². The number of fused-ring (bicyclic) bond motifs is 3. The molecule has 0 aliphatic carbocycles. The van der Waals surface area contributed by atoms with Gasteiger partial charge in [-0.15, -0.1) is 0 Å². The first-order valence-electron chi connectivity index (χ1n) is 16.6. The fourth-order valence-corrected chi connectivity index (χ4v) is 7.08. The van der Waals surface area contributed by atoms with Crippen LogP contribution in [0.2, 0.25) is 0 Å². The normalized spacial score (nSPS) is 12.4. The van der Waals surface area contributed by atoms with E-state index < -0.39 is 0 Å². The van der Waals surface area contributed by atoms with Gasteiger partial charge in [0.1, 0.15) is 0 Å². The number of hydrogen-bond donors (Lipinski definition) is 0. The molecule has 1 atom stereocenters. The second-order valence-corrected chi connectivity index (χ2v) is 12.4. The van der Waals surface area contributed by atoms with Crippen molar-refractivity contribution < 1.29 is 0 Å². The molecule has 1 heteroatoms. The Morgan fingerprint density at radius 3 is 1.58 bits per heavy atom. The third-order valence-electron chi connectivity index (χ3n) is 9.49. The number of nitrogens with zero attached hydrogens (tertiary/aromatic N) is 1. The second kappa shape index (κ2) is 12.6. The van der Waals surface area contributed by atoms with Gasteiger partial charge in [-0.2, -0.15) is 0 Å². The summed E-state index contributed by atoms with van der Waals surface area (Å²) in [4.78, 5) is 5.25. The van der Waals surface area contributed by atoms with Gasteiger partial charge in [0.15, 0.2) is 0 Å². The quantitative estimate of drug-likeness (QED) is 0.125. The van der Waals surface area contributed by atoms with Crippen LogP contribution in [-0.4, -0.2) is 5.71 Å². The maximum Gasteiger partial charge on any atom is 0.0634 e. The zero-order valence-electron chi connectivity index (χ0n) is 27.0. The maximum absolute atomic E-state index is 5.25. The molecule has 8 rings (SSSR count). The van der Waals surface area contributed by atoms with Gasteiger partial charge >= 0.3 is 0 Å². The molecule has 1 unspecified atom stereocenters. The van der Waals surface area contributed by atoms with Crippen LogP contribution in [0.5, 0.6) is 0 Å². The number of rotatable bonds is 7. The highest BCUT2D eigenvalue weighted by Crippen LogP contribution is 2.44. The Bertz CT molecular complexity index is 2410. The van der Waals surface area contributed by atoms with E-state index in [1.165, 1.54) is 60.1 Å². The summed E-state index contributed by atoms with van der Waals surface area (Å²) in [5, 5.41) is 7.46. The van der Waals surface area contributed by atoms with Crippen molar-refractivity contribution >= 4 is 43.7 Å². The van der Waals surface area contributed by atoms with Crippen LogP contribution in [0.3, 0.4) is 0 Å². The molecule has 0 N–H and O–H groups in total. The molecule has 0 spiro atoms. The molecule has 0 aliphatic rings. The molecule has 0 aliphatic heterocycles. The first-order valence-corrected chi connectivity index (χ1v) is 16.6. The van der Waals surface area contributed by atoms with Gasteiger partial charge in [-0.25, -0.2) is 0 Å². The summed E-state index contributed by atoms with van der Waals surface area (Å²) in [6, 6.07) is 62.9. The Morgan fingerprint density at radius 2 is 0.958 bits per heavy atom. The third-order valence-corrected chi connectivity index (χ3v) is 9.49. The number of hydrogen-bond acceptors (Lipinski definition) is 1. The van der Waals surface area contributed by atoms with Crippen LogP contribution in [0.1, 0.15) is 29.5 Å². The van der Waals surface area contributed by atoms with Gasteiger partial charge in [0.05, 0.1) is 11.4 Å². The van der Waals surface area contributed by atoms with Crippen molar-refractivity contribution in [1.29, 1.82) is 0 Å². The summed E-state index contributed by atoms with van der Waals surface area (Å²) in [6.07, 6.45) is 0. The molecule has 0 saturated carbocycles. The van der Waals surface area contributed by atoms with E-state index in [1.54, 1.807) is 0 Å². The minimum absolute atomic E-state index is 0.0608. The van der Waals surface area contributed by atoms with E-state index in [0.717, 1.165) is 22.5 Å². The Balaban J connectivity index is 1.34. The summed E-state index contributed by atoms with van der Waals surface area (Å²) < 4.78 is 0. The van der Waals surface area contributed by atoms with E-state index in [4.69, 9.17) is 4.99 Å². The van der Waals surface area contributed by atoms with Crippen molar-refractivity contribution in [3.63, 3.8) is 0 Å². The molecule has 0 fully saturated rings. The number of benzene rings is 8. The van der Waals surface area contributed by atoms with Crippen molar-refractivity contribution in [2.45, 2.75) is 12.8 Å². The lowest BCUT2D eigenvalue weighted by Gasteiger charge is -2.20. The molecule has 0 saturated heterocycles. The van der Waals surface area contributed by atoms with Crippen LogP contribution < -0.4 is 0 Å². The number of aliphatic imine (C=N–C) groups is 1. The Kier molecular flexibility index (Phi) is 7.72. The van der Waals surface area contributed by atoms with Gasteiger partial charge in [-0.3, -0.25) is 4.99 Å². The lowest BCUT2D eigenvalue weighted by Crippen LogP contribution is -2.12. The molecule has 0 bridgehead atoms. The average Bonchev–Trinajstić information content (AvgIpc) is 3.16. The first kappa shape index (κ1) is 29.4. The van der Waals surface area contributed by atoms with Crippen molar-refractivity contribution in [3.05, 3.63) is 199 Å². The highest BCUT2D eigenvalue weighted by molar-refractivity contribution is 6.22. The van der Waals surface area contributed by atoms with E-state index in [1.807, 2.05) is 18.2 Å². The van der Waals surface area contributed by atoms with Gasteiger partial charge in [-0.1, -0.05) is 177 Å². The molecule has 1 nitrogen and oxygen atoms in total. The predicted molar refractivity (Wildman–Crippen MR) is 207 cm³/mol. The minimum Gasteiger partial charge on any atom is -0.252 e. The van der Waals surface area contributed by atoms with E-state index in [-0.39, 0.29) is 5.92 Å². The van der Waals surface area contributed by atoms with Gasteiger partial charge in [-0.05, 0) is 83.4 Å². The van der Waals surface area contributed by atoms with E-state index in [2.05, 4.69) is 171 Å².